The van der Waals surface area contributed by atoms with Crippen LogP contribution < -0.4 is 5.32 Å². The molecular weight excluding hydrogens is 240 g/mol. The van der Waals surface area contributed by atoms with Crippen LogP contribution in [0.1, 0.15) is 53.4 Å². The molecule has 1 rings (SSSR count). The second-order valence-corrected chi connectivity index (χ2v) is 5.78. The van der Waals surface area contributed by atoms with Crippen molar-refractivity contribution in [3.63, 3.8) is 0 Å². The Morgan fingerprint density at radius 3 is 2.11 bits per heavy atom. The van der Waals surface area contributed by atoms with Crippen LogP contribution in [0, 0.1) is 11.8 Å². The third-order valence-electron chi connectivity index (χ3n) is 4.00. The second kappa shape index (κ2) is 7.51. The highest BCUT2D eigenvalue weighted by atomic mass is 16.2. The lowest BCUT2D eigenvalue weighted by atomic mass is 9.99. The lowest BCUT2D eigenvalue weighted by Gasteiger charge is -2.34. The van der Waals surface area contributed by atoms with E-state index in [0.29, 0.717) is 0 Å². The first-order chi connectivity index (χ1) is 8.99. The highest BCUT2D eigenvalue weighted by molar-refractivity contribution is 5.79. The minimum Gasteiger partial charge on any atom is -0.353 e. The molecule has 1 aliphatic heterocycles. The van der Waals surface area contributed by atoms with Crippen LogP contribution >= 0.6 is 0 Å². The maximum atomic E-state index is 12.0. The number of hydrogen-bond acceptors (Lipinski definition) is 2. The van der Waals surface area contributed by atoms with E-state index in [0.717, 1.165) is 38.8 Å². The van der Waals surface area contributed by atoms with Crippen LogP contribution in [0.15, 0.2) is 0 Å². The number of nitrogens with one attached hydrogen (secondary N) is 1. The zero-order chi connectivity index (χ0) is 14.4. The molecule has 0 aromatic carbocycles. The fraction of sp³-hybridized carbons (Fsp3) is 0.867. The Bertz CT molecular complexity index is 303. The molecule has 0 aliphatic carbocycles. The first-order valence-corrected chi connectivity index (χ1v) is 7.58. The van der Waals surface area contributed by atoms with Gasteiger partial charge in [-0.1, -0.05) is 27.7 Å². The molecule has 1 fully saturated rings. The van der Waals surface area contributed by atoms with Crippen LogP contribution in [0.25, 0.3) is 0 Å². The molecule has 0 aromatic rings. The van der Waals surface area contributed by atoms with Gasteiger partial charge in [-0.05, 0) is 25.7 Å². The summed E-state index contributed by atoms with van der Waals surface area (Å²) in [6.07, 6.45) is 3.55. The number of rotatable bonds is 5. The first kappa shape index (κ1) is 16.0. The largest absolute Gasteiger partial charge is 0.353 e. The third-order valence-corrected chi connectivity index (χ3v) is 4.00. The van der Waals surface area contributed by atoms with Crippen molar-refractivity contribution in [2.24, 2.45) is 11.8 Å². The minimum absolute atomic E-state index is 0.0655. The highest BCUT2D eigenvalue weighted by Crippen LogP contribution is 2.15. The Kier molecular flexibility index (Phi) is 6.32. The Balaban J connectivity index is 2.38. The molecule has 4 nitrogen and oxygen atoms in total. The number of likely N-dealkylation sites (tertiary alicyclic amines) is 1. The number of amides is 2. The van der Waals surface area contributed by atoms with Crippen molar-refractivity contribution in [1.82, 2.24) is 10.2 Å². The molecule has 110 valence electrons. The summed E-state index contributed by atoms with van der Waals surface area (Å²) in [6.45, 7) is 9.51. The number of nitrogens with zero attached hydrogens (tertiary/aromatic N) is 1. The molecule has 0 spiro atoms. The first-order valence-electron chi connectivity index (χ1n) is 7.58. The molecule has 0 unspecified atom stereocenters. The maximum absolute atomic E-state index is 12.0. The van der Waals surface area contributed by atoms with E-state index in [2.05, 4.69) is 19.2 Å². The molecule has 19 heavy (non-hydrogen) atoms. The van der Waals surface area contributed by atoms with Gasteiger partial charge in [0.15, 0.2) is 0 Å². The number of carbonyl (C=O) groups is 2. The van der Waals surface area contributed by atoms with Crippen LogP contribution in [0.4, 0.5) is 0 Å². The molecule has 1 N–H and O–H groups in total. The Hall–Kier alpha value is -1.06. The van der Waals surface area contributed by atoms with Crippen molar-refractivity contribution in [3.05, 3.63) is 0 Å². The van der Waals surface area contributed by atoms with Crippen LogP contribution in [0.2, 0.25) is 0 Å². The van der Waals surface area contributed by atoms with Gasteiger partial charge in [-0.2, -0.15) is 0 Å². The summed E-state index contributed by atoms with van der Waals surface area (Å²) in [4.78, 5) is 25.8. The lowest BCUT2D eigenvalue weighted by molar-refractivity contribution is -0.135. The number of hydrogen-bond donors (Lipinski definition) is 1. The van der Waals surface area contributed by atoms with Crippen LogP contribution in [-0.2, 0) is 9.59 Å². The van der Waals surface area contributed by atoms with Gasteiger partial charge >= 0.3 is 0 Å². The molecule has 0 bridgehead atoms. The zero-order valence-corrected chi connectivity index (χ0v) is 12.7. The van der Waals surface area contributed by atoms with E-state index in [1.807, 2.05) is 18.7 Å². The third kappa shape index (κ3) is 4.51. The Labute approximate surface area is 116 Å². The van der Waals surface area contributed by atoms with Gasteiger partial charge in [-0.25, -0.2) is 0 Å². The van der Waals surface area contributed by atoms with Crippen molar-refractivity contribution in [1.29, 1.82) is 0 Å². The van der Waals surface area contributed by atoms with Gasteiger partial charge in [-0.3, -0.25) is 9.59 Å². The van der Waals surface area contributed by atoms with Gasteiger partial charge in [0.25, 0.3) is 0 Å². The van der Waals surface area contributed by atoms with Crippen LogP contribution in [0.5, 0.6) is 0 Å². The monoisotopic (exact) mass is 268 g/mol. The molecule has 0 aromatic heterocycles. The standard InChI is InChI=1S/C15H28N2O2/c1-5-12(6-2)14(18)16-13-7-9-17(10-8-13)15(19)11(3)4/h11-13H,5-10H2,1-4H3,(H,16,18). The average molecular weight is 268 g/mol. The van der Waals surface area contributed by atoms with Gasteiger partial charge < -0.3 is 10.2 Å². The van der Waals surface area contributed by atoms with Gasteiger partial charge in [0.05, 0.1) is 0 Å². The number of carbonyl (C=O) groups excluding carboxylic acids is 2. The topological polar surface area (TPSA) is 49.4 Å². The molecule has 0 saturated carbocycles. The SMILES string of the molecule is CCC(CC)C(=O)NC1CCN(C(=O)C(C)C)CC1. The molecular formula is C15H28N2O2. The summed E-state index contributed by atoms with van der Waals surface area (Å²) < 4.78 is 0. The number of piperidine rings is 1. The molecule has 1 saturated heterocycles. The van der Waals surface area contributed by atoms with E-state index in [4.69, 9.17) is 0 Å². The van der Waals surface area contributed by atoms with Gasteiger partial charge in [-0.15, -0.1) is 0 Å². The lowest BCUT2D eigenvalue weighted by Crippen LogP contribution is -2.48. The molecule has 2 amide bonds. The molecule has 0 radical (unpaired) electrons. The van der Waals surface area contributed by atoms with E-state index in [1.54, 1.807) is 0 Å². The normalized spacial score (nSPS) is 17.1. The maximum Gasteiger partial charge on any atom is 0.225 e. The summed E-state index contributed by atoms with van der Waals surface area (Å²) in [5, 5.41) is 3.13. The summed E-state index contributed by atoms with van der Waals surface area (Å²) in [7, 11) is 0. The molecule has 0 atom stereocenters. The van der Waals surface area contributed by atoms with Crippen molar-refractivity contribution in [2.75, 3.05) is 13.1 Å². The van der Waals surface area contributed by atoms with Crippen LogP contribution in [0.3, 0.4) is 0 Å². The fourth-order valence-electron chi connectivity index (χ4n) is 2.59. The average Bonchev–Trinajstić information content (AvgIpc) is 2.40. The summed E-state index contributed by atoms with van der Waals surface area (Å²) in [5.41, 5.74) is 0. The predicted octanol–water partition coefficient (Wildman–Crippen LogP) is 2.19. The van der Waals surface area contributed by atoms with E-state index in [-0.39, 0.29) is 29.7 Å². The van der Waals surface area contributed by atoms with Crippen molar-refractivity contribution >= 4 is 11.8 Å². The van der Waals surface area contributed by atoms with Crippen molar-refractivity contribution in [2.45, 2.75) is 59.4 Å². The van der Waals surface area contributed by atoms with E-state index in [1.165, 1.54) is 0 Å². The van der Waals surface area contributed by atoms with E-state index < -0.39 is 0 Å². The Morgan fingerprint density at radius 1 is 1.16 bits per heavy atom. The molecule has 1 aliphatic rings. The van der Waals surface area contributed by atoms with Crippen molar-refractivity contribution in [3.8, 4) is 0 Å². The second-order valence-electron chi connectivity index (χ2n) is 5.78. The zero-order valence-electron chi connectivity index (χ0n) is 12.7. The molecule has 1 heterocycles. The summed E-state index contributed by atoms with van der Waals surface area (Å²) >= 11 is 0. The van der Waals surface area contributed by atoms with Crippen molar-refractivity contribution < 1.29 is 9.59 Å². The smallest absolute Gasteiger partial charge is 0.225 e. The predicted molar refractivity (Wildman–Crippen MR) is 76.7 cm³/mol. The minimum atomic E-state index is 0.0655. The molecule has 4 heteroatoms. The Morgan fingerprint density at radius 2 is 1.68 bits per heavy atom. The van der Waals surface area contributed by atoms with Gasteiger partial charge in [0.2, 0.25) is 11.8 Å². The summed E-state index contributed by atoms with van der Waals surface area (Å²) in [6, 6.07) is 0.240. The highest BCUT2D eigenvalue weighted by Gasteiger charge is 2.26. The summed E-state index contributed by atoms with van der Waals surface area (Å²) in [5.74, 6) is 0.606. The van der Waals surface area contributed by atoms with E-state index in [9.17, 15) is 9.59 Å². The fourth-order valence-corrected chi connectivity index (χ4v) is 2.59. The van der Waals surface area contributed by atoms with Gasteiger partial charge in [0.1, 0.15) is 0 Å². The quantitative estimate of drug-likeness (QED) is 0.831. The van der Waals surface area contributed by atoms with E-state index >= 15 is 0 Å². The van der Waals surface area contributed by atoms with Crippen LogP contribution in [-0.4, -0.2) is 35.8 Å². The van der Waals surface area contributed by atoms with Gasteiger partial charge in [0, 0.05) is 31.0 Å².